The number of benzene rings is 6. The number of imidazole rings is 2. The van der Waals surface area contributed by atoms with Crippen LogP contribution in [0.15, 0.2) is 159 Å². The first kappa shape index (κ1) is 36.8. The number of hydrogen-bond donors (Lipinski definition) is 0. The highest BCUT2D eigenvalue weighted by Crippen LogP contribution is 2.41. The number of rotatable bonds is 6. The van der Waals surface area contributed by atoms with Gasteiger partial charge < -0.3 is 0 Å². The molecule has 0 unspecified atom stereocenters. The first-order valence-electron chi connectivity index (χ1n) is 20.3. The van der Waals surface area contributed by atoms with Crippen LogP contribution in [0, 0.1) is 0 Å². The molecule has 0 N–H and O–H groups in total. The van der Waals surface area contributed by atoms with Crippen molar-refractivity contribution in [3.8, 4) is 22.5 Å². The fourth-order valence-corrected chi connectivity index (χ4v) is 8.93. The van der Waals surface area contributed by atoms with E-state index < -0.39 is 0 Å². The number of aromatic nitrogens is 4. The van der Waals surface area contributed by atoms with Crippen LogP contribution in [-0.4, -0.2) is 18.8 Å². The maximum atomic E-state index is 4.94. The van der Waals surface area contributed by atoms with Gasteiger partial charge in [-0.3, -0.25) is 8.80 Å². The van der Waals surface area contributed by atoms with Crippen LogP contribution in [0.5, 0.6) is 0 Å². The third-order valence-electron chi connectivity index (χ3n) is 11.6. The van der Waals surface area contributed by atoms with Crippen molar-refractivity contribution in [3.63, 3.8) is 0 Å². The van der Waals surface area contributed by atoms with Crippen molar-refractivity contribution >= 4 is 65.8 Å². The molecule has 0 bridgehead atoms. The van der Waals surface area contributed by atoms with Crippen molar-refractivity contribution in [2.45, 2.75) is 53.4 Å². The van der Waals surface area contributed by atoms with Crippen molar-refractivity contribution in [1.82, 2.24) is 18.8 Å². The SMILES string of the molecule is C=C(C)c1cccc(C(=C)C)c1-c1cnc2c3ccccc3c3ccccc3n12.CC(C)c1cccc(C(C)C)c1-c1cnc2c3ccccc3c3ccccc3n12. The summed E-state index contributed by atoms with van der Waals surface area (Å²) in [5.41, 5.74) is 16.2. The Bertz CT molecular complexity index is 3190. The summed E-state index contributed by atoms with van der Waals surface area (Å²) in [4.78, 5) is 9.82. The Hall–Kier alpha value is -6.78. The number of fused-ring (bicyclic) bond motifs is 12. The Kier molecular flexibility index (Phi) is 9.29. The maximum Gasteiger partial charge on any atom is 0.145 e. The molecule has 0 aliphatic carbocycles. The molecule has 284 valence electrons. The molecule has 4 nitrogen and oxygen atoms in total. The summed E-state index contributed by atoms with van der Waals surface area (Å²) in [5, 5.41) is 7.32. The fourth-order valence-electron chi connectivity index (χ4n) is 8.93. The van der Waals surface area contributed by atoms with E-state index >= 15 is 0 Å². The lowest BCUT2D eigenvalue weighted by Gasteiger charge is -2.20. The van der Waals surface area contributed by atoms with Gasteiger partial charge >= 0.3 is 0 Å². The first-order chi connectivity index (χ1) is 28.2. The number of para-hydroxylation sites is 2. The van der Waals surface area contributed by atoms with Crippen LogP contribution in [0.2, 0.25) is 0 Å². The average Bonchev–Trinajstić information content (AvgIpc) is 3.90. The molecule has 4 aromatic heterocycles. The summed E-state index contributed by atoms with van der Waals surface area (Å²) in [6.07, 6.45) is 4.06. The Morgan fingerprint density at radius 3 is 1.21 bits per heavy atom. The lowest BCUT2D eigenvalue weighted by molar-refractivity contribution is 0.836. The zero-order chi connectivity index (χ0) is 40.2. The molecular weight excluding hydrogens is 705 g/mol. The van der Waals surface area contributed by atoms with Crippen LogP contribution >= 0.6 is 0 Å². The molecule has 0 saturated carbocycles. The van der Waals surface area contributed by atoms with Gasteiger partial charge in [-0.05, 0) is 70.8 Å². The molecule has 0 spiro atoms. The predicted molar refractivity (Wildman–Crippen MR) is 249 cm³/mol. The Labute approximate surface area is 340 Å². The van der Waals surface area contributed by atoms with Crippen molar-refractivity contribution < 1.29 is 0 Å². The Morgan fingerprint density at radius 1 is 0.431 bits per heavy atom. The lowest BCUT2D eigenvalue weighted by Crippen LogP contribution is -2.02. The standard InChI is InChI=1S/C27H26N2.C27H22N2/c2*1-17(2)19-13-9-14-20(18(3)4)26(19)25-16-28-27-23-12-6-5-10-21(23)22-11-7-8-15-24(22)29(25)27/h5-18H,1-4H3;5-16H,1,3H2,2,4H3. The Balaban J connectivity index is 0.000000150. The zero-order valence-electron chi connectivity index (χ0n) is 34.2. The summed E-state index contributed by atoms with van der Waals surface area (Å²) in [6, 6.07) is 47.4. The van der Waals surface area contributed by atoms with Crippen molar-refractivity contribution in [2.75, 3.05) is 0 Å². The maximum absolute atomic E-state index is 4.94. The minimum absolute atomic E-state index is 0.445. The van der Waals surface area contributed by atoms with Crippen LogP contribution in [0.4, 0.5) is 0 Å². The third-order valence-corrected chi connectivity index (χ3v) is 11.6. The highest BCUT2D eigenvalue weighted by Gasteiger charge is 2.22. The molecule has 4 heterocycles. The highest BCUT2D eigenvalue weighted by atomic mass is 15.0. The molecule has 58 heavy (non-hydrogen) atoms. The van der Waals surface area contributed by atoms with Gasteiger partial charge in [0, 0.05) is 32.7 Å². The monoisotopic (exact) mass is 752 g/mol. The second kappa shape index (κ2) is 14.6. The van der Waals surface area contributed by atoms with Crippen LogP contribution in [0.25, 0.3) is 88.3 Å². The molecule has 0 atom stereocenters. The minimum atomic E-state index is 0.445. The molecule has 0 fully saturated rings. The van der Waals surface area contributed by atoms with Crippen LogP contribution in [0.1, 0.15) is 75.6 Å². The summed E-state index contributed by atoms with van der Waals surface area (Å²) in [6.45, 7) is 21.7. The van der Waals surface area contributed by atoms with E-state index in [1.54, 1.807) is 0 Å². The van der Waals surface area contributed by atoms with Gasteiger partial charge in [0.25, 0.3) is 0 Å². The molecule has 6 aromatic carbocycles. The van der Waals surface area contributed by atoms with Gasteiger partial charge in [0.1, 0.15) is 11.3 Å². The van der Waals surface area contributed by atoms with Crippen molar-refractivity contribution in [2.24, 2.45) is 0 Å². The molecule has 4 heteroatoms. The predicted octanol–water partition coefficient (Wildman–Crippen LogP) is 14.9. The lowest BCUT2D eigenvalue weighted by atomic mass is 9.87. The second-order valence-corrected chi connectivity index (χ2v) is 16.1. The molecule has 0 amide bonds. The van der Waals surface area contributed by atoms with Gasteiger partial charge in [-0.15, -0.1) is 0 Å². The van der Waals surface area contributed by atoms with E-state index in [9.17, 15) is 0 Å². The average molecular weight is 753 g/mol. The second-order valence-electron chi connectivity index (χ2n) is 16.1. The molecule has 10 aromatic rings. The molecule has 0 aliphatic rings. The number of pyridine rings is 2. The van der Waals surface area contributed by atoms with Gasteiger partial charge in [-0.1, -0.05) is 173 Å². The van der Waals surface area contributed by atoms with Gasteiger partial charge in [0.05, 0.1) is 34.8 Å². The number of nitrogens with zero attached hydrogens (tertiary/aromatic N) is 4. The zero-order valence-corrected chi connectivity index (χ0v) is 34.2. The van der Waals surface area contributed by atoms with Gasteiger partial charge in [0.2, 0.25) is 0 Å². The summed E-state index contributed by atoms with van der Waals surface area (Å²) >= 11 is 0. The molecule has 0 radical (unpaired) electrons. The normalized spacial score (nSPS) is 11.7. The van der Waals surface area contributed by atoms with E-state index in [0.29, 0.717) is 11.8 Å². The van der Waals surface area contributed by atoms with Crippen LogP contribution < -0.4 is 0 Å². The number of allylic oxidation sites excluding steroid dienone is 2. The van der Waals surface area contributed by atoms with E-state index in [0.717, 1.165) is 55.7 Å². The third kappa shape index (κ3) is 5.90. The highest BCUT2D eigenvalue weighted by molar-refractivity contribution is 6.13. The van der Waals surface area contributed by atoms with Gasteiger partial charge in [0.15, 0.2) is 0 Å². The van der Waals surface area contributed by atoms with Crippen LogP contribution in [-0.2, 0) is 0 Å². The molecular formula is C54H48N4. The fraction of sp³-hybridized carbons (Fsp3) is 0.148. The molecule has 0 saturated heterocycles. The summed E-state index contributed by atoms with van der Waals surface area (Å²) < 4.78 is 4.65. The van der Waals surface area contributed by atoms with Gasteiger partial charge in [-0.2, -0.15) is 0 Å². The van der Waals surface area contributed by atoms with E-state index in [2.05, 4.69) is 203 Å². The van der Waals surface area contributed by atoms with Crippen molar-refractivity contribution in [1.29, 1.82) is 0 Å². The summed E-state index contributed by atoms with van der Waals surface area (Å²) in [7, 11) is 0. The minimum Gasteiger partial charge on any atom is -0.292 e. The quantitative estimate of drug-likeness (QED) is 0.159. The Morgan fingerprint density at radius 2 is 0.793 bits per heavy atom. The summed E-state index contributed by atoms with van der Waals surface area (Å²) in [5.74, 6) is 0.891. The topological polar surface area (TPSA) is 34.6 Å². The van der Waals surface area contributed by atoms with Crippen molar-refractivity contribution in [3.05, 3.63) is 181 Å². The smallest absolute Gasteiger partial charge is 0.145 e. The van der Waals surface area contributed by atoms with Gasteiger partial charge in [-0.25, -0.2) is 9.97 Å². The molecule has 0 aliphatic heterocycles. The van der Waals surface area contributed by atoms with E-state index in [1.807, 2.05) is 6.20 Å². The largest absolute Gasteiger partial charge is 0.292 e. The molecule has 10 rings (SSSR count). The van der Waals surface area contributed by atoms with E-state index in [4.69, 9.17) is 9.97 Å². The van der Waals surface area contributed by atoms with Crippen LogP contribution in [0.3, 0.4) is 0 Å². The first-order valence-corrected chi connectivity index (χ1v) is 20.3. The van der Waals surface area contributed by atoms with E-state index in [-0.39, 0.29) is 0 Å². The van der Waals surface area contributed by atoms with E-state index in [1.165, 1.54) is 54.8 Å². The number of hydrogen-bond acceptors (Lipinski definition) is 2.